The van der Waals surface area contributed by atoms with E-state index in [1.165, 1.54) is 116 Å². The van der Waals surface area contributed by atoms with Gasteiger partial charge < -0.3 is 4.90 Å². The van der Waals surface area contributed by atoms with E-state index in [1.807, 2.05) is 11.3 Å². The third-order valence-electron chi connectivity index (χ3n) is 15.7. The lowest BCUT2D eigenvalue weighted by atomic mass is 9.42. The summed E-state index contributed by atoms with van der Waals surface area (Å²) in [5.41, 5.74) is 16.2. The zero-order valence-corrected chi connectivity index (χ0v) is 34.1. The first-order chi connectivity index (χ1) is 27.2. The van der Waals surface area contributed by atoms with Gasteiger partial charge in [0, 0.05) is 42.6 Å². The van der Waals surface area contributed by atoms with Gasteiger partial charge in [-0.05, 0) is 172 Å². The van der Waals surface area contributed by atoms with Crippen LogP contribution in [0.2, 0.25) is 0 Å². The number of anilines is 3. The van der Waals surface area contributed by atoms with Crippen LogP contribution in [-0.4, -0.2) is 0 Å². The van der Waals surface area contributed by atoms with Gasteiger partial charge in [0.1, 0.15) is 0 Å². The van der Waals surface area contributed by atoms with Gasteiger partial charge in [0.15, 0.2) is 0 Å². The first-order valence-electron chi connectivity index (χ1n) is 21.4. The summed E-state index contributed by atoms with van der Waals surface area (Å²) in [5.74, 6) is 3.36. The average molecular weight is 746 g/mol. The molecule has 6 aliphatic rings. The van der Waals surface area contributed by atoms with Crippen LogP contribution in [0.3, 0.4) is 0 Å². The van der Waals surface area contributed by atoms with Gasteiger partial charge in [0.05, 0.1) is 0 Å². The zero-order valence-electron chi connectivity index (χ0n) is 33.2. The smallest absolute Gasteiger partial charge is 0.0468 e. The summed E-state index contributed by atoms with van der Waals surface area (Å²) >= 11 is 1.90. The summed E-state index contributed by atoms with van der Waals surface area (Å²) in [7, 11) is 0. The van der Waals surface area contributed by atoms with E-state index in [1.54, 1.807) is 11.1 Å². The third kappa shape index (κ3) is 4.60. The Morgan fingerprint density at radius 3 is 1.88 bits per heavy atom. The van der Waals surface area contributed by atoms with Crippen molar-refractivity contribution in [3.05, 3.63) is 150 Å². The molecule has 4 bridgehead atoms. The van der Waals surface area contributed by atoms with Gasteiger partial charge in [0.2, 0.25) is 0 Å². The van der Waals surface area contributed by atoms with E-state index in [4.69, 9.17) is 0 Å². The summed E-state index contributed by atoms with van der Waals surface area (Å²) in [6.45, 7) is 9.75. The van der Waals surface area contributed by atoms with Gasteiger partial charge in [0.25, 0.3) is 0 Å². The Kier molecular flexibility index (Phi) is 6.99. The fourth-order valence-electron chi connectivity index (χ4n) is 13.3. The molecule has 1 nitrogen and oxygen atoms in total. The van der Waals surface area contributed by atoms with Crippen LogP contribution in [0.15, 0.2) is 127 Å². The Bertz CT molecular complexity index is 2700. The minimum absolute atomic E-state index is 0.128. The highest BCUT2D eigenvalue weighted by Crippen LogP contribution is 2.70. The van der Waals surface area contributed by atoms with Crippen molar-refractivity contribution >= 4 is 48.6 Å². The van der Waals surface area contributed by atoms with E-state index in [2.05, 4.69) is 160 Å². The van der Waals surface area contributed by atoms with E-state index >= 15 is 0 Å². The molecule has 0 atom stereocenters. The van der Waals surface area contributed by atoms with Crippen LogP contribution in [-0.2, 0) is 16.2 Å². The Balaban J connectivity index is 1.02. The van der Waals surface area contributed by atoms with Gasteiger partial charge in [-0.15, -0.1) is 11.3 Å². The van der Waals surface area contributed by atoms with Crippen LogP contribution in [0.1, 0.15) is 94.9 Å². The fourth-order valence-corrected chi connectivity index (χ4v) is 14.3. The van der Waals surface area contributed by atoms with E-state index in [9.17, 15) is 0 Å². The van der Waals surface area contributed by atoms with E-state index in [-0.39, 0.29) is 16.2 Å². The largest absolute Gasteiger partial charge is 0.310 e. The lowest BCUT2D eigenvalue weighted by Gasteiger charge is -2.61. The fraction of sp³-hybridized carbons (Fsp3) is 0.333. The first kappa shape index (κ1) is 33.5. The molecule has 1 aromatic heterocycles. The summed E-state index contributed by atoms with van der Waals surface area (Å²) in [6, 6.07) is 49.8. The number of hydrogen-bond acceptors (Lipinski definition) is 2. The molecule has 1 heterocycles. The maximum Gasteiger partial charge on any atom is 0.0468 e. The summed E-state index contributed by atoms with van der Waals surface area (Å²) in [4.78, 5) is 2.53. The minimum Gasteiger partial charge on any atom is -0.310 e. The van der Waals surface area contributed by atoms with Crippen LogP contribution in [0.4, 0.5) is 17.1 Å². The lowest BCUT2D eigenvalue weighted by molar-refractivity contribution is -0.0397. The molecule has 2 heteroatoms. The zero-order chi connectivity index (χ0) is 37.6. The van der Waals surface area contributed by atoms with Crippen LogP contribution < -0.4 is 4.90 Å². The van der Waals surface area contributed by atoms with Crippen molar-refractivity contribution in [2.24, 2.45) is 23.7 Å². The van der Waals surface area contributed by atoms with Crippen LogP contribution in [0, 0.1) is 23.7 Å². The van der Waals surface area contributed by atoms with Crippen molar-refractivity contribution in [1.29, 1.82) is 0 Å². The van der Waals surface area contributed by atoms with E-state index < -0.39 is 0 Å². The molecule has 0 unspecified atom stereocenters. The van der Waals surface area contributed by atoms with Crippen LogP contribution >= 0.6 is 11.3 Å². The third-order valence-corrected chi connectivity index (χ3v) is 16.9. The maximum atomic E-state index is 2.53. The highest BCUT2D eigenvalue weighted by molar-refractivity contribution is 7.25. The highest BCUT2D eigenvalue weighted by atomic mass is 32.1. The molecule has 0 N–H and O–H groups in total. The van der Waals surface area contributed by atoms with Gasteiger partial charge in [-0.25, -0.2) is 0 Å². The molecule has 6 aromatic carbocycles. The summed E-state index contributed by atoms with van der Waals surface area (Å²) in [6.07, 6.45) is 9.52. The van der Waals surface area contributed by atoms with Crippen molar-refractivity contribution in [3.63, 3.8) is 0 Å². The molecule has 278 valence electrons. The number of thiophene rings is 1. The molecule has 4 fully saturated rings. The van der Waals surface area contributed by atoms with Gasteiger partial charge in [-0.1, -0.05) is 107 Å². The molecule has 13 rings (SSSR count). The van der Waals surface area contributed by atoms with E-state index in [0.717, 1.165) is 23.7 Å². The predicted octanol–water partition coefficient (Wildman–Crippen LogP) is 15.3. The summed E-state index contributed by atoms with van der Waals surface area (Å²) in [5, 5.41) is 2.68. The van der Waals surface area contributed by atoms with Crippen LogP contribution in [0.5, 0.6) is 0 Å². The SMILES string of the molecule is CC1(C)CCC(C)(C)c2cc(N(c3ccc(-c4cccc5c4C4(c6ccccc6-5)C5CC6CC(C5)CC4C6)cc3)c3ccc4sc5ccccc5c4c3)ccc21. The topological polar surface area (TPSA) is 3.24 Å². The molecule has 6 aliphatic carbocycles. The Morgan fingerprint density at radius 2 is 1.09 bits per heavy atom. The van der Waals surface area contributed by atoms with E-state index in [0.29, 0.717) is 0 Å². The molecular formula is C54H51NS. The second-order valence-corrected chi connectivity index (χ2v) is 20.7. The Labute approximate surface area is 336 Å². The Hall–Kier alpha value is -4.66. The van der Waals surface area contributed by atoms with Crippen molar-refractivity contribution in [3.8, 4) is 22.3 Å². The molecule has 4 saturated carbocycles. The number of hydrogen-bond donors (Lipinski definition) is 0. The Morgan fingerprint density at radius 1 is 0.482 bits per heavy atom. The van der Waals surface area contributed by atoms with Gasteiger partial charge in [-0.3, -0.25) is 0 Å². The number of nitrogens with zero attached hydrogens (tertiary/aromatic N) is 1. The predicted molar refractivity (Wildman–Crippen MR) is 238 cm³/mol. The first-order valence-corrected chi connectivity index (χ1v) is 22.2. The average Bonchev–Trinajstić information content (AvgIpc) is 3.73. The molecule has 0 amide bonds. The molecule has 0 aliphatic heterocycles. The van der Waals surface area contributed by atoms with Crippen molar-refractivity contribution in [2.45, 2.75) is 88.9 Å². The molecular weight excluding hydrogens is 695 g/mol. The number of fused-ring (bicyclic) bond motifs is 7. The quantitative estimate of drug-likeness (QED) is 0.173. The second-order valence-electron chi connectivity index (χ2n) is 19.6. The summed E-state index contributed by atoms with van der Waals surface area (Å²) < 4.78 is 2.69. The van der Waals surface area contributed by atoms with Gasteiger partial charge >= 0.3 is 0 Å². The number of benzene rings is 6. The molecule has 0 saturated heterocycles. The molecule has 1 spiro atoms. The highest BCUT2D eigenvalue weighted by Gasteiger charge is 2.62. The minimum atomic E-state index is 0.128. The lowest BCUT2D eigenvalue weighted by Crippen LogP contribution is -2.55. The van der Waals surface area contributed by atoms with Crippen molar-refractivity contribution < 1.29 is 0 Å². The van der Waals surface area contributed by atoms with Gasteiger partial charge in [-0.2, -0.15) is 0 Å². The van der Waals surface area contributed by atoms with Crippen molar-refractivity contribution in [2.75, 3.05) is 4.90 Å². The maximum absolute atomic E-state index is 2.53. The molecule has 7 aromatic rings. The number of rotatable bonds is 4. The monoisotopic (exact) mass is 745 g/mol. The molecule has 56 heavy (non-hydrogen) atoms. The normalized spacial score (nSPS) is 26.1. The molecule has 0 radical (unpaired) electrons. The standard InChI is InChI=1S/C54H51NS/c1-52(2)24-25-53(3,4)48-32-40(20-22-47(48)52)55(39-21-23-50-45(31-39)43-11-6-8-15-49(43)56-50)38-18-16-35(17-19-38)41-12-9-13-44-42-10-5-7-14-46(42)54(51(41)44)36-27-33-26-34(29-36)30-37(54)28-33/h5-23,31-34,36-37H,24-30H2,1-4H3. The second kappa shape index (κ2) is 11.7. The van der Waals surface area contributed by atoms with Crippen LogP contribution in [0.25, 0.3) is 42.4 Å². The van der Waals surface area contributed by atoms with Crippen molar-refractivity contribution in [1.82, 2.24) is 0 Å².